The number of benzene rings is 1. The molecule has 2 heterocycles. The van der Waals surface area contributed by atoms with Crippen molar-refractivity contribution in [2.24, 2.45) is 0 Å². The van der Waals surface area contributed by atoms with Crippen LogP contribution in [0.15, 0.2) is 36.5 Å². The highest BCUT2D eigenvalue weighted by Crippen LogP contribution is 2.23. The van der Waals surface area contributed by atoms with Gasteiger partial charge in [0.15, 0.2) is 0 Å². The zero-order valence-electron chi connectivity index (χ0n) is 12.8. The average Bonchev–Trinajstić information content (AvgIpc) is 2.93. The number of hydrogen-bond donors (Lipinski definition) is 0. The topological polar surface area (TPSA) is 38.1 Å². The Balaban J connectivity index is 1.77. The SMILES string of the molecule is CC(C)(C)c1ccc(C(=O)N2CCn3nccc3C2)cc1. The van der Waals surface area contributed by atoms with Crippen LogP contribution in [0.1, 0.15) is 42.4 Å². The molecule has 1 aromatic carbocycles. The molecule has 0 N–H and O–H groups in total. The predicted octanol–water partition coefficient (Wildman–Crippen LogP) is 2.84. The molecule has 2 aromatic rings. The number of hydrogen-bond acceptors (Lipinski definition) is 2. The highest BCUT2D eigenvalue weighted by molar-refractivity contribution is 5.94. The van der Waals surface area contributed by atoms with E-state index in [0.29, 0.717) is 13.1 Å². The number of rotatable bonds is 1. The van der Waals surface area contributed by atoms with E-state index in [4.69, 9.17) is 0 Å². The Morgan fingerprint density at radius 3 is 2.48 bits per heavy atom. The van der Waals surface area contributed by atoms with Gasteiger partial charge in [-0.05, 0) is 29.2 Å². The molecular weight excluding hydrogens is 262 g/mol. The number of aromatic nitrogens is 2. The molecule has 110 valence electrons. The Bertz CT molecular complexity index is 649. The number of amides is 1. The van der Waals surface area contributed by atoms with E-state index in [1.165, 1.54) is 5.56 Å². The van der Waals surface area contributed by atoms with Crippen molar-refractivity contribution in [3.8, 4) is 0 Å². The van der Waals surface area contributed by atoms with Gasteiger partial charge < -0.3 is 4.90 Å². The van der Waals surface area contributed by atoms with Crippen LogP contribution in [0.3, 0.4) is 0 Å². The van der Waals surface area contributed by atoms with Gasteiger partial charge in [0.25, 0.3) is 5.91 Å². The maximum atomic E-state index is 12.6. The van der Waals surface area contributed by atoms with Crippen LogP contribution in [-0.4, -0.2) is 27.1 Å². The van der Waals surface area contributed by atoms with Crippen LogP contribution in [-0.2, 0) is 18.5 Å². The molecule has 0 atom stereocenters. The van der Waals surface area contributed by atoms with Crippen molar-refractivity contribution in [2.75, 3.05) is 6.54 Å². The summed E-state index contributed by atoms with van der Waals surface area (Å²) in [7, 11) is 0. The van der Waals surface area contributed by atoms with Crippen molar-refractivity contribution in [3.63, 3.8) is 0 Å². The molecule has 21 heavy (non-hydrogen) atoms. The van der Waals surface area contributed by atoms with Crippen molar-refractivity contribution < 1.29 is 4.79 Å². The van der Waals surface area contributed by atoms with Gasteiger partial charge in [-0.3, -0.25) is 9.48 Å². The summed E-state index contributed by atoms with van der Waals surface area (Å²) in [5, 5.41) is 4.24. The minimum absolute atomic E-state index is 0.0999. The van der Waals surface area contributed by atoms with Crippen LogP contribution in [0, 0.1) is 0 Å². The lowest BCUT2D eigenvalue weighted by molar-refractivity contribution is 0.0706. The Kier molecular flexibility index (Phi) is 3.32. The van der Waals surface area contributed by atoms with E-state index in [1.54, 1.807) is 6.20 Å². The van der Waals surface area contributed by atoms with Crippen LogP contribution in [0.4, 0.5) is 0 Å². The largest absolute Gasteiger partial charge is 0.331 e. The fourth-order valence-electron chi connectivity index (χ4n) is 2.65. The van der Waals surface area contributed by atoms with Crippen molar-refractivity contribution in [1.29, 1.82) is 0 Å². The van der Waals surface area contributed by atoms with E-state index in [1.807, 2.05) is 27.8 Å². The van der Waals surface area contributed by atoms with Gasteiger partial charge in [-0.15, -0.1) is 0 Å². The summed E-state index contributed by atoms with van der Waals surface area (Å²) >= 11 is 0. The van der Waals surface area contributed by atoms with Gasteiger partial charge in [-0.25, -0.2) is 0 Å². The molecule has 0 saturated heterocycles. The molecule has 0 radical (unpaired) electrons. The van der Waals surface area contributed by atoms with Crippen molar-refractivity contribution in [2.45, 2.75) is 39.3 Å². The van der Waals surface area contributed by atoms with Crippen molar-refractivity contribution in [1.82, 2.24) is 14.7 Å². The smallest absolute Gasteiger partial charge is 0.254 e. The Morgan fingerprint density at radius 2 is 1.81 bits per heavy atom. The predicted molar refractivity (Wildman–Crippen MR) is 82.1 cm³/mol. The molecule has 1 aliphatic rings. The summed E-state index contributed by atoms with van der Waals surface area (Å²) in [5.41, 5.74) is 3.21. The third kappa shape index (κ3) is 2.71. The zero-order chi connectivity index (χ0) is 15.0. The lowest BCUT2D eigenvalue weighted by Gasteiger charge is -2.28. The maximum absolute atomic E-state index is 12.6. The fraction of sp³-hybridized carbons (Fsp3) is 0.412. The van der Waals surface area contributed by atoms with E-state index >= 15 is 0 Å². The highest BCUT2D eigenvalue weighted by atomic mass is 16.2. The van der Waals surface area contributed by atoms with Gasteiger partial charge in [0.2, 0.25) is 0 Å². The fourth-order valence-corrected chi connectivity index (χ4v) is 2.65. The van der Waals surface area contributed by atoms with Crippen molar-refractivity contribution >= 4 is 5.91 Å². The maximum Gasteiger partial charge on any atom is 0.254 e. The summed E-state index contributed by atoms with van der Waals surface area (Å²) in [6, 6.07) is 9.97. The van der Waals surface area contributed by atoms with Crippen LogP contribution in [0.25, 0.3) is 0 Å². The summed E-state index contributed by atoms with van der Waals surface area (Å²) in [6.45, 7) is 8.66. The number of fused-ring (bicyclic) bond motifs is 1. The second kappa shape index (κ2) is 5.02. The first kappa shape index (κ1) is 13.9. The summed E-state index contributed by atoms with van der Waals surface area (Å²) in [6.07, 6.45) is 1.79. The van der Waals surface area contributed by atoms with Crippen LogP contribution < -0.4 is 0 Å². The molecule has 4 heteroatoms. The Morgan fingerprint density at radius 1 is 1.10 bits per heavy atom. The van der Waals surface area contributed by atoms with E-state index < -0.39 is 0 Å². The second-order valence-electron chi connectivity index (χ2n) is 6.60. The van der Waals surface area contributed by atoms with E-state index in [0.717, 1.165) is 17.8 Å². The molecule has 3 rings (SSSR count). The Hall–Kier alpha value is -2.10. The molecule has 0 bridgehead atoms. The summed E-state index contributed by atoms with van der Waals surface area (Å²) in [4.78, 5) is 14.5. The van der Waals surface area contributed by atoms with Gasteiger partial charge >= 0.3 is 0 Å². The molecule has 0 unspecified atom stereocenters. The Labute approximate surface area is 125 Å². The molecule has 0 spiro atoms. The quantitative estimate of drug-likeness (QED) is 0.807. The first-order valence-electron chi connectivity index (χ1n) is 7.36. The average molecular weight is 283 g/mol. The van der Waals surface area contributed by atoms with Crippen molar-refractivity contribution in [3.05, 3.63) is 53.3 Å². The van der Waals surface area contributed by atoms with Gasteiger partial charge in [0, 0.05) is 18.3 Å². The summed E-state index contributed by atoms with van der Waals surface area (Å²) in [5.74, 6) is 0.0999. The molecule has 1 amide bonds. The highest BCUT2D eigenvalue weighted by Gasteiger charge is 2.22. The first-order chi connectivity index (χ1) is 9.95. The number of carbonyl (C=O) groups excluding carboxylic acids is 1. The van der Waals surface area contributed by atoms with Gasteiger partial charge in [-0.2, -0.15) is 5.10 Å². The summed E-state index contributed by atoms with van der Waals surface area (Å²) < 4.78 is 1.96. The molecule has 1 aromatic heterocycles. The normalized spacial score (nSPS) is 14.9. The lowest BCUT2D eigenvalue weighted by atomic mass is 9.86. The van der Waals surface area contributed by atoms with E-state index in [2.05, 4.69) is 38.0 Å². The van der Waals surface area contributed by atoms with E-state index in [-0.39, 0.29) is 11.3 Å². The lowest BCUT2D eigenvalue weighted by Crippen LogP contribution is -2.38. The number of nitrogens with zero attached hydrogens (tertiary/aromatic N) is 3. The zero-order valence-corrected chi connectivity index (χ0v) is 12.8. The molecule has 4 nitrogen and oxygen atoms in total. The van der Waals surface area contributed by atoms with Crippen LogP contribution >= 0.6 is 0 Å². The van der Waals surface area contributed by atoms with E-state index in [9.17, 15) is 4.79 Å². The minimum Gasteiger partial charge on any atom is -0.331 e. The number of carbonyl (C=O) groups is 1. The van der Waals surface area contributed by atoms with Gasteiger partial charge in [-0.1, -0.05) is 32.9 Å². The van der Waals surface area contributed by atoms with Crippen LogP contribution in [0.2, 0.25) is 0 Å². The molecule has 0 aliphatic carbocycles. The second-order valence-corrected chi connectivity index (χ2v) is 6.60. The molecule has 0 saturated carbocycles. The first-order valence-corrected chi connectivity index (χ1v) is 7.36. The molecule has 1 aliphatic heterocycles. The monoisotopic (exact) mass is 283 g/mol. The standard InChI is InChI=1S/C17H21N3O/c1-17(2,3)14-6-4-13(5-7-14)16(21)19-10-11-20-15(12-19)8-9-18-20/h4-9H,10-12H2,1-3H3. The van der Waals surface area contributed by atoms with Gasteiger partial charge in [0.1, 0.15) is 0 Å². The van der Waals surface area contributed by atoms with Crippen LogP contribution in [0.5, 0.6) is 0 Å². The van der Waals surface area contributed by atoms with Gasteiger partial charge in [0.05, 0.1) is 18.8 Å². The molecular formula is C17H21N3O. The third-order valence-corrected chi connectivity index (χ3v) is 4.02. The minimum atomic E-state index is 0.0999. The third-order valence-electron chi connectivity index (χ3n) is 4.02. The molecule has 0 fully saturated rings.